The number of nitrogens with zero attached hydrogens (tertiary/aromatic N) is 1. The lowest BCUT2D eigenvalue weighted by Gasteiger charge is -2.31. The summed E-state index contributed by atoms with van der Waals surface area (Å²) in [7, 11) is 1.36. The van der Waals surface area contributed by atoms with E-state index in [0.29, 0.717) is 13.1 Å². The second-order valence-electron chi connectivity index (χ2n) is 4.95. The van der Waals surface area contributed by atoms with Crippen LogP contribution in [0.5, 0.6) is 0 Å². The summed E-state index contributed by atoms with van der Waals surface area (Å²) in [6.07, 6.45) is -3.29. The highest BCUT2D eigenvalue weighted by Crippen LogP contribution is 2.30. The van der Waals surface area contributed by atoms with Gasteiger partial charge in [0.1, 0.15) is 0 Å². The van der Waals surface area contributed by atoms with Gasteiger partial charge in [-0.15, -0.1) is 11.7 Å². The second-order valence-corrected chi connectivity index (χ2v) is 6.15. The Morgan fingerprint density at radius 1 is 1.37 bits per heavy atom. The summed E-state index contributed by atoms with van der Waals surface area (Å²) >= 11 is 4.15. The molecule has 19 heavy (non-hydrogen) atoms. The predicted octanol–water partition coefficient (Wildman–Crippen LogP) is 4.18. The summed E-state index contributed by atoms with van der Waals surface area (Å²) in [5, 5.41) is 0. The molecule has 1 aliphatic heterocycles. The highest BCUT2D eigenvalue weighted by Gasteiger charge is 2.37. The van der Waals surface area contributed by atoms with Crippen LogP contribution >= 0.6 is 22.5 Å². The molecule has 1 aromatic carbocycles. The Morgan fingerprint density at radius 3 is 2.74 bits per heavy atom. The van der Waals surface area contributed by atoms with Crippen LogP contribution in [-0.2, 0) is 13.0 Å². The molecule has 0 fully saturated rings. The molecule has 0 aromatic heterocycles. The van der Waals surface area contributed by atoms with Gasteiger partial charge < -0.3 is 0 Å². The lowest BCUT2D eigenvalue weighted by atomic mass is 9.99. The highest BCUT2D eigenvalue weighted by molar-refractivity contribution is 8.68. The molecule has 0 bridgehead atoms. The SMILES string of the molecule is CC(CN1CCc2ccc(SS)cc2C1)C(F)(F)F. The molecule has 0 radical (unpaired) electrons. The largest absolute Gasteiger partial charge is 0.392 e. The molecule has 1 aromatic rings. The Hall–Kier alpha value is -0.330. The fraction of sp³-hybridized carbons (Fsp3) is 0.538. The summed E-state index contributed by atoms with van der Waals surface area (Å²) in [5.74, 6) is -1.28. The number of hydrogen-bond donors (Lipinski definition) is 1. The molecule has 0 aliphatic carbocycles. The van der Waals surface area contributed by atoms with Crippen molar-refractivity contribution >= 4 is 22.5 Å². The van der Waals surface area contributed by atoms with Crippen molar-refractivity contribution < 1.29 is 13.2 Å². The number of alkyl halides is 3. The third-order valence-corrected chi connectivity index (χ3v) is 4.56. The number of thiol groups is 1. The van der Waals surface area contributed by atoms with Crippen molar-refractivity contribution in [3.63, 3.8) is 0 Å². The molecule has 106 valence electrons. The number of rotatable bonds is 3. The topological polar surface area (TPSA) is 3.24 Å². The number of benzene rings is 1. The minimum absolute atomic E-state index is 0.0706. The Balaban J connectivity index is 2.05. The first-order valence-electron chi connectivity index (χ1n) is 6.12. The molecule has 2 rings (SSSR count). The minimum Gasteiger partial charge on any atom is -0.298 e. The van der Waals surface area contributed by atoms with Gasteiger partial charge in [0.2, 0.25) is 0 Å². The van der Waals surface area contributed by atoms with Crippen LogP contribution in [0.25, 0.3) is 0 Å². The van der Waals surface area contributed by atoms with Gasteiger partial charge in [0.05, 0.1) is 5.92 Å². The summed E-state index contributed by atoms with van der Waals surface area (Å²) in [6, 6.07) is 6.08. The van der Waals surface area contributed by atoms with Crippen molar-refractivity contribution in [3.8, 4) is 0 Å². The quantitative estimate of drug-likeness (QED) is 0.659. The van der Waals surface area contributed by atoms with E-state index in [0.717, 1.165) is 16.9 Å². The van der Waals surface area contributed by atoms with E-state index in [9.17, 15) is 13.2 Å². The Kier molecular flexibility index (Phi) is 4.74. The van der Waals surface area contributed by atoms with Crippen LogP contribution in [0.2, 0.25) is 0 Å². The lowest BCUT2D eigenvalue weighted by molar-refractivity contribution is -0.174. The van der Waals surface area contributed by atoms with Crippen molar-refractivity contribution in [2.75, 3.05) is 13.1 Å². The van der Waals surface area contributed by atoms with E-state index in [-0.39, 0.29) is 6.54 Å². The van der Waals surface area contributed by atoms with E-state index in [1.165, 1.54) is 23.3 Å². The fourth-order valence-corrected chi connectivity index (χ4v) is 2.96. The molecule has 1 unspecified atom stereocenters. The maximum Gasteiger partial charge on any atom is 0.392 e. The zero-order valence-electron chi connectivity index (χ0n) is 10.6. The molecule has 0 saturated heterocycles. The van der Waals surface area contributed by atoms with E-state index >= 15 is 0 Å². The fourth-order valence-electron chi connectivity index (χ4n) is 2.30. The standard InChI is InChI=1S/C13H16F3NS2/c1-9(13(14,15)16)7-17-5-4-10-2-3-12(19-18)6-11(10)8-17/h2-3,6,9,18H,4-5,7-8H2,1H3. The van der Waals surface area contributed by atoms with Crippen LogP contribution in [-0.4, -0.2) is 24.2 Å². The number of halogens is 3. The van der Waals surface area contributed by atoms with Crippen LogP contribution in [0.1, 0.15) is 18.1 Å². The van der Waals surface area contributed by atoms with Crippen molar-refractivity contribution in [1.29, 1.82) is 0 Å². The average molecular weight is 307 g/mol. The second kappa shape index (κ2) is 5.97. The molecular formula is C13H16F3NS2. The van der Waals surface area contributed by atoms with Gasteiger partial charge in [0.25, 0.3) is 0 Å². The van der Waals surface area contributed by atoms with Crippen LogP contribution < -0.4 is 0 Å². The van der Waals surface area contributed by atoms with E-state index in [2.05, 4.69) is 17.7 Å². The zero-order valence-corrected chi connectivity index (χ0v) is 12.3. The smallest absolute Gasteiger partial charge is 0.298 e. The van der Waals surface area contributed by atoms with Crippen molar-refractivity contribution in [2.24, 2.45) is 5.92 Å². The Labute approximate surface area is 120 Å². The average Bonchev–Trinajstić information content (AvgIpc) is 2.36. The van der Waals surface area contributed by atoms with Crippen molar-refractivity contribution in [1.82, 2.24) is 4.90 Å². The van der Waals surface area contributed by atoms with Crippen LogP contribution in [0.4, 0.5) is 13.2 Å². The molecule has 1 aliphatic rings. The third kappa shape index (κ3) is 3.83. The Morgan fingerprint density at radius 2 is 2.11 bits per heavy atom. The molecule has 0 spiro atoms. The molecule has 0 saturated carbocycles. The third-order valence-electron chi connectivity index (χ3n) is 3.47. The van der Waals surface area contributed by atoms with Gasteiger partial charge in [0.15, 0.2) is 0 Å². The maximum absolute atomic E-state index is 12.6. The molecule has 0 N–H and O–H groups in total. The Bertz CT molecular complexity index is 448. The predicted molar refractivity (Wildman–Crippen MR) is 75.5 cm³/mol. The molecule has 6 heteroatoms. The summed E-state index contributed by atoms with van der Waals surface area (Å²) in [6.45, 7) is 2.61. The normalized spacial score (nSPS) is 18.2. The first-order chi connectivity index (χ1) is 8.90. The summed E-state index contributed by atoms with van der Waals surface area (Å²) in [5.41, 5.74) is 2.36. The molecular weight excluding hydrogens is 291 g/mol. The molecule has 0 amide bonds. The number of fused-ring (bicyclic) bond motifs is 1. The summed E-state index contributed by atoms with van der Waals surface area (Å²) in [4.78, 5) is 2.92. The van der Waals surface area contributed by atoms with Gasteiger partial charge in [-0.1, -0.05) is 23.8 Å². The van der Waals surface area contributed by atoms with E-state index in [1.54, 1.807) is 0 Å². The molecule has 1 atom stereocenters. The maximum atomic E-state index is 12.6. The van der Waals surface area contributed by atoms with Gasteiger partial charge in [0, 0.05) is 24.5 Å². The van der Waals surface area contributed by atoms with E-state index < -0.39 is 12.1 Å². The first kappa shape index (κ1) is 15.1. The van der Waals surface area contributed by atoms with Crippen LogP contribution in [0.15, 0.2) is 23.1 Å². The first-order valence-corrected chi connectivity index (χ1v) is 7.99. The van der Waals surface area contributed by atoms with Crippen molar-refractivity contribution in [3.05, 3.63) is 29.3 Å². The van der Waals surface area contributed by atoms with E-state index in [1.807, 2.05) is 17.0 Å². The van der Waals surface area contributed by atoms with Gasteiger partial charge in [-0.05, 0) is 29.7 Å². The van der Waals surface area contributed by atoms with E-state index in [4.69, 9.17) is 0 Å². The van der Waals surface area contributed by atoms with Gasteiger partial charge >= 0.3 is 6.18 Å². The van der Waals surface area contributed by atoms with Gasteiger partial charge in [-0.3, -0.25) is 4.90 Å². The summed E-state index contributed by atoms with van der Waals surface area (Å²) < 4.78 is 37.7. The lowest BCUT2D eigenvalue weighted by Crippen LogP contribution is -2.38. The van der Waals surface area contributed by atoms with Crippen molar-refractivity contribution in [2.45, 2.75) is 31.0 Å². The highest BCUT2D eigenvalue weighted by atomic mass is 33.1. The monoisotopic (exact) mass is 307 g/mol. The van der Waals surface area contributed by atoms with Gasteiger partial charge in [-0.2, -0.15) is 13.2 Å². The zero-order chi connectivity index (χ0) is 14.0. The minimum atomic E-state index is -4.11. The van der Waals surface area contributed by atoms with Crippen LogP contribution in [0.3, 0.4) is 0 Å². The van der Waals surface area contributed by atoms with Gasteiger partial charge in [-0.25, -0.2) is 0 Å². The number of hydrogen-bond acceptors (Lipinski definition) is 3. The van der Waals surface area contributed by atoms with Crippen LogP contribution in [0, 0.1) is 5.92 Å². The molecule has 1 nitrogen and oxygen atoms in total. The molecule has 1 heterocycles.